The molecule has 0 saturated carbocycles. The van der Waals surface area contributed by atoms with E-state index in [0.717, 1.165) is 38.2 Å². The lowest BCUT2D eigenvalue weighted by atomic mass is 10.1. The van der Waals surface area contributed by atoms with Crippen molar-refractivity contribution in [3.63, 3.8) is 0 Å². The number of carbonyl (C=O) groups excluding carboxylic acids is 1. The van der Waals surface area contributed by atoms with Crippen LogP contribution in [0.4, 0.5) is 0 Å². The Morgan fingerprint density at radius 3 is 1.69 bits per heavy atom. The van der Waals surface area contributed by atoms with Crippen LogP contribution in [0.15, 0.2) is 48.5 Å². The lowest BCUT2D eigenvalue weighted by Gasteiger charge is -2.09. The number of Topliss-reactive ketones (excluding diaryl/α,β-unsaturated/α-hetero) is 1. The lowest BCUT2D eigenvalue weighted by molar-refractivity contribution is -0.123. The summed E-state index contributed by atoms with van der Waals surface area (Å²) in [7, 11) is 0. The number of ether oxygens (including phenoxy) is 4. The average Bonchev–Trinajstić information content (AvgIpc) is 2.81. The van der Waals surface area contributed by atoms with Crippen LogP contribution in [-0.4, -0.2) is 49.9 Å². The molecule has 0 atom stereocenters. The fourth-order valence-electron chi connectivity index (χ4n) is 2.87. The molecule has 0 bridgehead atoms. The molecule has 0 aliphatic heterocycles. The molecule has 7 heteroatoms. The summed E-state index contributed by atoms with van der Waals surface area (Å²) < 4.78 is 21.9. The molecule has 2 aromatic rings. The molecule has 0 unspecified atom stereocenters. The maximum atomic E-state index is 12.0. The highest BCUT2D eigenvalue weighted by Crippen LogP contribution is 2.18. The van der Waals surface area contributed by atoms with Crippen LogP contribution in [0.1, 0.15) is 49.4 Å². The minimum atomic E-state index is -1.01. The second kappa shape index (κ2) is 14.9. The van der Waals surface area contributed by atoms with Crippen LogP contribution in [-0.2, 0) is 9.53 Å². The maximum Gasteiger partial charge on any atom is 0.335 e. The van der Waals surface area contributed by atoms with Crippen LogP contribution in [0, 0.1) is 0 Å². The van der Waals surface area contributed by atoms with Gasteiger partial charge in [-0.25, -0.2) is 4.79 Å². The van der Waals surface area contributed by atoms with Crippen molar-refractivity contribution >= 4 is 11.8 Å². The van der Waals surface area contributed by atoms with E-state index in [4.69, 9.17) is 24.1 Å². The van der Waals surface area contributed by atoms with Gasteiger partial charge in [-0.05, 0) is 68.3 Å². The topological polar surface area (TPSA) is 91.3 Å². The minimum absolute atomic E-state index is 0.114. The molecule has 0 spiro atoms. The number of aromatic carboxylic acids is 1. The molecule has 0 fully saturated rings. The minimum Gasteiger partial charge on any atom is -0.494 e. The van der Waals surface area contributed by atoms with Crippen LogP contribution >= 0.6 is 0 Å². The molecule has 0 amide bonds. The zero-order valence-electron chi connectivity index (χ0n) is 18.6. The van der Waals surface area contributed by atoms with E-state index >= 15 is 0 Å². The van der Waals surface area contributed by atoms with Crippen molar-refractivity contribution in [1.82, 2.24) is 0 Å². The molecule has 0 radical (unpaired) electrons. The van der Waals surface area contributed by atoms with Crippen LogP contribution in [0.2, 0.25) is 0 Å². The van der Waals surface area contributed by atoms with Crippen molar-refractivity contribution in [3.05, 3.63) is 54.1 Å². The molecule has 2 aromatic carbocycles. The Bertz CT molecular complexity index is 800. The van der Waals surface area contributed by atoms with E-state index in [1.54, 1.807) is 12.1 Å². The molecular formula is C25H32O7. The number of unbranched alkanes of at least 4 members (excludes halogenated alkanes) is 4. The van der Waals surface area contributed by atoms with Gasteiger partial charge in [0.05, 0.1) is 12.2 Å². The fraction of sp³-hybridized carbons (Fsp3) is 0.440. The number of hydrogen-bond donors (Lipinski definition) is 1. The highest BCUT2D eigenvalue weighted by atomic mass is 16.5. The predicted octanol–water partition coefficient (Wildman–Crippen LogP) is 4.78. The van der Waals surface area contributed by atoms with Crippen LogP contribution < -0.4 is 14.2 Å². The summed E-state index contributed by atoms with van der Waals surface area (Å²) >= 11 is 0. The number of carbonyl (C=O) groups is 2. The van der Waals surface area contributed by atoms with Gasteiger partial charge in [0.25, 0.3) is 0 Å². The fourth-order valence-corrected chi connectivity index (χ4v) is 2.87. The molecule has 0 heterocycles. The quantitative estimate of drug-likeness (QED) is 0.351. The second-order valence-electron chi connectivity index (χ2n) is 7.23. The van der Waals surface area contributed by atoms with Crippen molar-refractivity contribution < 1.29 is 33.6 Å². The summed E-state index contributed by atoms with van der Waals surface area (Å²) in [4.78, 5) is 22.8. The number of rotatable bonds is 17. The number of carboxylic acids is 1. The summed E-state index contributed by atoms with van der Waals surface area (Å²) in [5, 5.41) is 8.87. The Balaban J connectivity index is 1.57. The van der Waals surface area contributed by atoms with Crippen LogP contribution in [0.5, 0.6) is 17.2 Å². The molecule has 1 N–H and O–H groups in total. The monoisotopic (exact) mass is 444 g/mol. The standard InChI is InChI=1S/C25H32O7/c1-2-29-16-6-4-3-5-7-17-30-22-12-14-24(15-13-22)32-19-21(26)18-31-23-10-8-20(9-11-23)25(27)28/h8-15H,2-7,16-19H2,1H3,(H,27,28). The Labute approximate surface area is 189 Å². The van der Waals surface area contributed by atoms with Gasteiger partial charge in [-0.2, -0.15) is 0 Å². The van der Waals surface area contributed by atoms with Gasteiger partial charge in [0.2, 0.25) is 5.78 Å². The van der Waals surface area contributed by atoms with Gasteiger partial charge in [-0.1, -0.05) is 19.3 Å². The third-order valence-electron chi connectivity index (χ3n) is 4.63. The van der Waals surface area contributed by atoms with E-state index in [-0.39, 0.29) is 24.6 Å². The van der Waals surface area contributed by atoms with E-state index in [9.17, 15) is 9.59 Å². The predicted molar refractivity (Wildman–Crippen MR) is 121 cm³/mol. The first kappa shape index (κ1) is 25.2. The van der Waals surface area contributed by atoms with Crippen molar-refractivity contribution in [2.45, 2.75) is 39.0 Å². The second-order valence-corrected chi connectivity index (χ2v) is 7.23. The number of carboxylic acid groups (broad SMARTS) is 1. The van der Waals surface area contributed by atoms with Crippen molar-refractivity contribution in [2.75, 3.05) is 33.0 Å². The third-order valence-corrected chi connectivity index (χ3v) is 4.63. The first-order valence-corrected chi connectivity index (χ1v) is 11.0. The molecule has 2 rings (SSSR count). The third kappa shape index (κ3) is 10.3. The van der Waals surface area contributed by atoms with Gasteiger partial charge in [0, 0.05) is 13.2 Å². The Morgan fingerprint density at radius 1 is 0.688 bits per heavy atom. The summed E-state index contributed by atoms with van der Waals surface area (Å²) in [6.07, 6.45) is 5.65. The Hall–Kier alpha value is -3.06. The van der Waals surface area contributed by atoms with Crippen LogP contribution in [0.3, 0.4) is 0 Å². The average molecular weight is 445 g/mol. The first-order valence-electron chi connectivity index (χ1n) is 11.0. The van der Waals surface area contributed by atoms with Gasteiger partial charge < -0.3 is 24.1 Å². The largest absolute Gasteiger partial charge is 0.494 e. The highest BCUT2D eigenvalue weighted by molar-refractivity contribution is 5.87. The number of benzene rings is 2. The normalized spacial score (nSPS) is 10.5. The Kier molecular flexibility index (Phi) is 11.7. The lowest BCUT2D eigenvalue weighted by Crippen LogP contribution is -2.19. The molecule has 0 saturated heterocycles. The highest BCUT2D eigenvalue weighted by Gasteiger charge is 2.07. The molecule has 174 valence electrons. The number of ketones is 1. The summed E-state index contributed by atoms with van der Waals surface area (Å²) in [6, 6.07) is 13.0. The van der Waals surface area contributed by atoms with Gasteiger partial charge in [-0.15, -0.1) is 0 Å². The zero-order chi connectivity index (χ0) is 23.0. The van der Waals surface area contributed by atoms with Gasteiger partial charge in [-0.3, -0.25) is 4.79 Å². The zero-order valence-corrected chi connectivity index (χ0v) is 18.6. The number of hydrogen-bond acceptors (Lipinski definition) is 6. The van der Waals surface area contributed by atoms with E-state index in [2.05, 4.69) is 0 Å². The maximum absolute atomic E-state index is 12.0. The molecular weight excluding hydrogens is 412 g/mol. The first-order chi connectivity index (χ1) is 15.6. The summed E-state index contributed by atoms with van der Waals surface area (Å²) in [6.45, 7) is 4.06. The van der Waals surface area contributed by atoms with Crippen molar-refractivity contribution in [2.24, 2.45) is 0 Å². The van der Waals surface area contributed by atoms with Gasteiger partial charge >= 0.3 is 5.97 Å². The van der Waals surface area contributed by atoms with E-state index < -0.39 is 5.97 Å². The van der Waals surface area contributed by atoms with Crippen molar-refractivity contribution in [1.29, 1.82) is 0 Å². The van der Waals surface area contributed by atoms with Gasteiger partial charge in [0.15, 0.2) is 0 Å². The summed E-state index contributed by atoms with van der Waals surface area (Å²) in [5.74, 6) is 0.532. The van der Waals surface area contributed by atoms with E-state index in [1.807, 2.05) is 19.1 Å². The smallest absolute Gasteiger partial charge is 0.335 e. The Morgan fingerprint density at radius 2 is 1.16 bits per heavy atom. The molecule has 0 aliphatic rings. The SMILES string of the molecule is CCOCCCCCCCOc1ccc(OCC(=O)COc2ccc(C(=O)O)cc2)cc1. The molecule has 0 aromatic heterocycles. The van der Waals surface area contributed by atoms with Crippen molar-refractivity contribution in [3.8, 4) is 17.2 Å². The molecule has 7 nitrogen and oxygen atoms in total. The molecule has 0 aliphatic carbocycles. The van der Waals surface area contributed by atoms with E-state index in [1.165, 1.54) is 37.1 Å². The molecule has 32 heavy (non-hydrogen) atoms. The van der Waals surface area contributed by atoms with E-state index in [0.29, 0.717) is 18.1 Å². The summed E-state index contributed by atoms with van der Waals surface area (Å²) in [5.41, 5.74) is 0.160. The van der Waals surface area contributed by atoms with Crippen LogP contribution in [0.25, 0.3) is 0 Å². The van der Waals surface area contributed by atoms with Gasteiger partial charge in [0.1, 0.15) is 30.5 Å².